The Morgan fingerprint density at radius 3 is 2.38 bits per heavy atom. The Morgan fingerprint density at radius 2 is 1.79 bits per heavy atom. The third-order valence-corrected chi connectivity index (χ3v) is 3.12. The highest BCUT2D eigenvalue weighted by molar-refractivity contribution is 6.28. The molecule has 0 fully saturated rings. The minimum atomic E-state index is -0.931. The van der Waals surface area contributed by atoms with Gasteiger partial charge in [-0.2, -0.15) is 0 Å². The lowest BCUT2D eigenvalue weighted by Crippen LogP contribution is -2.29. The van der Waals surface area contributed by atoms with E-state index in [4.69, 9.17) is 9.47 Å². The highest BCUT2D eigenvalue weighted by Crippen LogP contribution is 2.19. The van der Waals surface area contributed by atoms with Crippen molar-refractivity contribution in [1.29, 1.82) is 0 Å². The Kier molecular flexibility index (Phi) is 6.00. The summed E-state index contributed by atoms with van der Waals surface area (Å²) in [5, 5.41) is 9.59. The smallest absolute Gasteiger partial charge is 0.338 e. The number of hydrogen-bond donors (Lipinski definition) is 1. The lowest BCUT2D eigenvalue weighted by atomic mass is 10.2. The quantitative estimate of drug-likeness (QED) is 0.328. The van der Waals surface area contributed by atoms with Gasteiger partial charge in [0, 0.05) is 12.2 Å². The molecule has 0 aliphatic carbocycles. The van der Waals surface area contributed by atoms with Crippen molar-refractivity contribution >= 4 is 23.5 Å². The lowest BCUT2D eigenvalue weighted by Gasteiger charge is -2.14. The monoisotopic (exact) mass is 331 g/mol. The number of nitrogens with zero attached hydrogens (tertiary/aromatic N) is 1. The van der Waals surface area contributed by atoms with E-state index >= 15 is 0 Å². The van der Waals surface area contributed by atoms with Gasteiger partial charge in [-0.05, 0) is 24.3 Å². The molecule has 1 aromatic carbocycles. The van der Waals surface area contributed by atoms with Gasteiger partial charge in [-0.3, -0.25) is 9.59 Å². The second-order valence-corrected chi connectivity index (χ2v) is 4.97. The number of benzene rings is 1. The first-order valence-electron chi connectivity index (χ1n) is 7.23. The van der Waals surface area contributed by atoms with Gasteiger partial charge in [0.1, 0.15) is 12.7 Å². The van der Waals surface area contributed by atoms with Crippen LogP contribution < -0.4 is 4.90 Å². The molecule has 1 unspecified atom stereocenters. The molecule has 1 aromatic rings. The number of esters is 1. The van der Waals surface area contributed by atoms with Gasteiger partial charge in [0.15, 0.2) is 0 Å². The number of aliphatic hydroxyl groups excluding tert-OH is 1. The first-order chi connectivity index (χ1) is 11.5. The number of rotatable bonds is 8. The third kappa shape index (κ3) is 4.37. The summed E-state index contributed by atoms with van der Waals surface area (Å²) in [5.41, 5.74) is 0.606. The van der Waals surface area contributed by atoms with E-state index in [1.165, 1.54) is 36.4 Å². The summed E-state index contributed by atoms with van der Waals surface area (Å²) in [7, 11) is 0. The van der Waals surface area contributed by atoms with Crippen molar-refractivity contribution in [3.8, 4) is 0 Å². The maximum Gasteiger partial charge on any atom is 0.338 e. The molecule has 0 spiro atoms. The number of imide groups is 1. The minimum Gasteiger partial charge on any atom is -0.459 e. The minimum absolute atomic E-state index is 0.0322. The fraction of sp³-hybridized carbons (Fsp3) is 0.235. The van der Waals surface area contributed by atoms with Crippen molar-refractivity contribution in [1.82, 2.24) is 0 Å². The van der Waals surface area contributed by atoms with E-state index in [1.807, 2.05) is 0 Å². The van der Waals surface area contributed by atoms with E-state index in [0.717, 1.165) is 4.90 Å². The summed E-state index contributed by atoms with van der Waals surface area (Å²) in [6.45, 7) is 3.60. The van der Waals surface area contributed by atoms with E-state index in [-0.39, 0.29) is 18.8 Å². The van der Waals surface area contributed by atoms with Crippen molar-refractivity contribution in [2.45, 2.75) is 6.10 Å². The van der Waals surface area contributed by atoms with Crippen LogP contribution in [-0.2, 0) is 19.1 Å². The predicted molar refractivity (Wildman–Crippen MR) is 85.4 cm³/mol. The molecule has 0 aromatic heterocycles. The lowest BCUT2D eigenvalue weighted by molar-refractivity contribution is -0.119. The molecule has 0 saturated carbocycles. The Bertz CT molecular complexity index is 646. The molecule has 7 heteroatoms. The van der Waals surface area contributed by atoms with Gasteiger partial charge in [-0.1, -0.05) is 6.08 Å². The van der Waals surface area contributed by atoms with Gasteiger partial charge in [-0.15, -0.1) is 6.58 Å². The van der Waals surface area contributed by atoms with Crippen LogP contribution in [0.5, 0.6) is 0 Å². The zero-order chi connectivity index (χ0) is 17.5. The fourth-order valence-electron chi connectivity index (χ4n) is 1.99. The van der Waals surface area contributed by atoms with Crippen molar-refractivity contribution < 1.29 is 29.0 Å². The molecule has 0 radical (unpaired) electrons. The molecule has 1 aliphatic rings. The number of carbonyl (C=O) groups excluding carboxylic acids is 3. The number of anilines is 1. The van der Waals surface area contributed by atoms with Crippen LogP contribution in [0.25, 0.3) is 0 Å². The molecule has 1 N–H and O–H groups in total. The highest BCUT2D eigenvalue weighted by Gasteiger charge is 2.25. The first kappa shape index (κ1) is 17.6. The highest BCUT2D eigenvalue weighted by atomic mass is 16.5. The molecule has 2 rings (SSSR count). The van der Waals surface area contributed by atoms with Crippen LogP contribution in [0.1, 0.15) is 10.4 Å². The van der Waals surface area contributed by atoms with Gasteiger partial charge in [-0.25, -0.2) is 9.69 Å². The summed E-state index contributed by atoms with van der Waals surface area (Å²) in [6.07, 6.45) is 2.98. The van der Waals surface area contributed by atoms with Crippen molar-refractivity contribution in [3.05, 3.63) is 54.6 Å². The van der Waals surface area contributed by atoms with Crippen LogP contribution in [0.4, 0.5) is 5.69 Å². The Balaban J connectivity index is 1.88. The van der Waals surface area contributed by atoms with Crippen molar-refractivity contribution in [3.63, 3.8) is 0 Å². The van der Waals surface area contributed by atoms with Gasteiger partial charge in [0.25, 0.3) is 11.8 Å². The van der Waals surface area contributed by atoms with E-state index in [0.29, 0.717) is 12.3 Å². The number of hydrogen-bond acceptors (Lipinski definition) is 6. The molecule has 24 heavy (non-hydrogen) atoms. The molecule has 1 atom stereocenters. The maximum absolute atomic E-state index is 11.9. The van der Waals surface area contributed by atoms with E-state index in [2.05, 4.69) is 6.58 Å². The summed E-state index contributed by atoms with van der Waals surface area (Å²) < 4.78 is 10.0. The number of ether oxygens (including phenoxy) is 2. The van der Waals surface area contributed by atoms with E-state index in [1.54, 1.807) is 6.08 Å². The molecule has 2 amide bonds. The van der Waals surface area contributed by atoms with Gasteiger partial charge < -0.3 is 14.6 Å². The molecular formula is C17H17NO6. The zero-order valence-corrected chi connectivity index (χ0v) is 12.9. The Morgan fingerprint density at radius 1 is 1.17 bits per heavy atom. The second-order valence-electron chi connectivity index (χ2n) is 4.97. The molecule has 0 bridgehead atoms. The fourth-order valence-corrected chi connectivity index (χ4v) is 1.99. The molecular weight excluding hydrogens is 314 g/mol. The normalized spacial score (nSPS) is 14.8. The van der Waals surface area contributed by atoms with Gasteiger partial charge in [0.2, 0.25) is 0 Å². The number of carbonyl (C=O) groups is 3. The molecule has 126 valence electrons. The standard InChI is InChI=1S/C17H17NO6/c1-2-9-23-10-14(19)11-24-17(22)12-3-5-13(6-4-12)18-15(20)7-8-16(18)21/h2-8,14,19H,1,9-11H2. The zero-order valence-electron chi connectivity index (χ0n) is 12.9. The first-order valence-corrected chi connectivity index (χ1v) is 7.23. The van der Waals surface area contributed by atoms with Gasteiger partial charge in [0.05, 0.1) is 24.5 Å². The van der Waals surface area contributed by atoms with Crippen LogP contribution in [0.3, 0.4) is 0 Å². The molecule has 0 saturated heterocycles. The van der Waals surface area contributed by atoms with Gasteiger partial charge >= 0.3 is 5.97 Å². The maximum atomic E-state index is 11.9. The van der Waals surface area contributed by atoms with Crippen LogP contribution >= 0.6 is 0 Å². The molecule has 1 heterocycles. The SMILES string of the molecule is C=CCOCC(O)COC(=O)c1ccc(N2C(=O)C=CC2=O)cc1. The average Bonchev–Trinajstić information content (AvgIpc) is 2.92. The molecule has 7 nitrogen and oxygen atoms in total. The average molecular weight is 331 g/mol. The number of amides is 2. The predicted octanol–water partition coefficient (Wildman–Crippen LogP) is 0.836. The second kappa shape index (κ2) is 8.19. The topological polar surface area (TPSA) is 93.1 Å². The summed E-state index contributed by atoms with van der Waals surface area (Å²) in [6, 6.07) is 5.83. The largest absolute Gasteiger partial charge is 0.459 e. The van der Waals surface area contributed by atoms with E-state index in [9.17, 15) is 19.5 Å². The number of aliphatic hydroxyl groups is 1. The van der Waals surface area contributed by atoms with Crippen LogP contribution in [-0.4, -0.2) is 48.8 Å². The van der Waals surface area contributed by atoms with Crippen LogP contribution in [0, 0.1) is 0 Å². The van der Waals surface area contributed by atoms with Crippen LogP contribution in [0.2, 0.25) is 0 Å². The van der Waals surface area contributed by atoms with Crippen molar-refractivity contribution in [2.24, 2.45) is 0 Å². The summed E-state index contributed by atoms with van der Waals surface area (Å²) in [5.74, 6) is -1.49. The van der Waals surface area contributed by atoms with Crippen LogP contribution in [0.15, 0.2) is 49.1 Å². The van der Waals surface area contributed by atoms with E-state index < -0.39 is 23.9 Å². The summed E-state index contributed by atoms with van der Waals surface area (Å²) in [4.78, 5) is 36.0. The third-order valence-electron chi connectivity index (χ3n) is 3.12. The molecule has 1 aliphatic heterocycles. The Labute approximate surface area is 138 Å². The Hall–Kier alpha value is -2.77. The van der Waals surface area contributed by atoms with Crippen molar-refractivity contribution in [2.75, 3.05) is 24.7 Å². The summed E-state index contributed by atoms with van der Waals surface area (Å²) >= 11 is 0.